The van der Waals surface area contributed by atoms with Crippen LogP contribution in [0.5, 0.6) is 0 Å². The topological polar surface area (TPSA) is 69.0 Å². The van der Waals surface area contributed by atoms with Crippen molar-refractivity contribution in [2.45, 2.75) is 69.8 Å². The predicted molar refractivity (Wildman–Crippen MR) is 127 cm³/mol. The third-order valence-electron chi connectivity index (χ3n) is 4.52. The molecule has 1 aromatic heterocycles. The monoisotopic (exact) mass is 461 g/mol. The molecule has 0 atom stereocenters. The summed E-state index contributed by atoms with van der Waals surface area (Å²) < 4.78 is 15.4. The van der Waals surface area contributed by atoms with Crippen molar-refractivity contribution in [1.82, 2.24) is 4.90 Å². The van der Waals surface area contributed by atoms with E-state index in [0.29, 0.717) is 19.7 Å². The van der Waals surface area contributed by atoms with Gasteiger partial charge in [0.25, 0.3) is 0 Å². The molecule has 1 heterocycles. The number of rotatable bonds is 11. The molecule has 0 unspecified atom stereocenters. The molecule has 176 valence electrons. The Morgan fingerprint density at radius 1 is 1.06 bits per heavy atom. The highest BCUT2D eigenvalue weighted by Gasteiger charge is 2.33. The summed E-state index contributed by atoms with van der Waals surface area (Å²) in [5.41, 5.74) is 0.641. The largest absolute Gasteiger partial charge is 0.468 e. The SMILES string of the molecule is CCOC(=O)CN(CCc1ccc(SC(C)(C)C(=O)OC(C)(C)C)cc1)Cc1ccco1. The van der Waals surface area contributed by atoms with Gasteiger partial charge < -0.3 is 13.9 Å². The van der Waals surface area contributed by atoms with Crippen molar-refractivity contribution in [3.05, 3.63) is 54.0 Å². The minimum Gasteiger partial charge on any atom is -0.468 e. The second-order valence-electron chi connectivity index (χ2n) is 9.10. The maximum absolute atomic E-state index is 12.5. The summed E-state index contributed by atoms with van der Waals surface area (Å²) >= 11 is 1.49. The number of carbonyl (C=O) groups excluding carboxylic acids is 2. The van der Waals surface area contributed by atoms with Crippen molar-refractivity contribution in [3.8, 4) is 0 Å². The van der Waals surface area contributed by atoms with Gasteiger partial charge in [-0.15, -0.1) is 11.8 Å². The third kappa shape index (κ3) is 9.09. The molecule has 0 aliphatic heterocycles. The maximum Gasteiger partial charge on any atom is 0.322 e. The molecule has 6 nitrogen and oxygen atoms in total. The average molecular weight is 462 g/mol. The number of hydrogen-bond acceptors (Lipinski definition) is 7. The van der Waals surface area contributed by atoms with Crippen LogP contribution in [0.3, 0.4) is 0 Å². The van der Waals surface area contributed by atoms with E-state index >= 15 is 0 Å². The summed E-state index contributed by atoms with van der Waals surface area (Å²) in [5.74, 6) is 0.340. The summed E-state index contributed by atoms with van der Waals surface area (Å²) in [6.45, 7) is 13.0. The van der Waals surface area contributed by atoms with E-state index in [1.165, 1.54) is 11.8 Å². The molecule has 0 saturated heterocycles. The molecule has 0 N–H and O–H groups in total. The minimum absolute atomic E-state index is 0.215. The molecule has 1 aromatic carbocycles. The van der Waals surface area contributed by atoms with Gasteiger partial charge in [0.1, 0.15) is 16.1 Å². The summed E-state index contributed by atoms with van der Waals surface area (Å²) in [6.07, 6.45) is 2.41. The molecule has 0 saturated carbocycles. The zero-order valence-electron chi connectivity index (χ0n) is 20.0. The molecule has 0 radical (unpaired) electrons. The van der Waals surface area contributed by atoms with E-state index in [9.17, 15) is 9.59 Å². The Labute approximate surface area is 195 Å². The first-order valence-electron chi connectivity index (χ1n) is 10.9. The Morgan fingerprint density at radius 3 is 2.31 bits per heavy atom. The van der Waals surface area contributed by atoms with Crippen LogP contribution >= 0.6 is 11.8 Å². The predicted octanol–water partition coefficient (Wildman–Crippen LogP) is 5.10. The second-order valence-corrected chi connectivity index (χ2v) is 10.8. The molecule has 0 bridgehead atoms. The molecule has 2 aromatic rings. The zero-order valence-corrected chi connectivity index (χ0v) is 20.8. The molecular weight excluding hydrogens is 426 g/mol. The van der Waals surface area contributed by atoms with E-state index in [1.54, 1.807) is 13.2 Å². The third-order valence-corrected chi connectivity index (χ3v) is 5.71. The lowest BCUT2D eigenvalue weighted by Crippen LogP contribution is -2.36. The molecule has 0 aliphatic carbocycles. The zero-order chi connectivity index (χ0) is 23.8. The van der Waals surface area contributed by atoms with Crippen LogP contribution in [0, 0.1) is 0 Å². The Kier molecular flexibility index (Phi) is 9.40. The maximum atomic E-state index is 12.5. The van der Waals surface area contributed by atoms with Crippen LogP contribution in [-0.4, -0.2) is 46.9 Å². The van der Waals surface area contributed by atoms with Crippen LogP contribution in [-0.2, 0) is 32.0 Å². The standard InChI is InChI=1S/C25H35NO5S/c1-7-29-22(27)18-26(17-20-9-8-16-30-20)15-14-19-10-12-21(13-11-19)32-25(5,6)23(28)31-24(2,3)4/h8-13,16H,7,14-15,17-18H2,1-6H3. The average Bonchev–Trinajstić information content (AvgIpc) is 3.19. The lowest BCUT2D eigenvalue weighted by Gasteiger charge is -2.28. The van der Waals surface area contributed by atoms with Gasteiger partial charge in [0.2, 0.25) is 0 Å². The van der Waals surface area contributed by atoms with Gasteiger partial charge in [-0.05, 0) is 77.8 Å². The molecule has 2 rings (SSSR count). The highest BCUT2D eigenvalue weighted by Crippen LogP contribution is 2.34. The molecule has 0 amide bonds. The Morgan fingerprint density at radius 2 is 1.75 bits per heavy atom. The van der Waals surface area contributed by atoms with Gasteiger partial charge in [0, 0.05) is 11.4 Å². The van der Waals surface area contributed by atoms with Crippen molar-refractivity contribution in [3.63, 3.8) is 0 Å². The molecular formula is C25H35NO5S. The fourth-order valence-corrected chi connectivity index (χ4v) is 3.96. The first kappa shape index (κ1) is 26.0. The van der Waals surface area contributed by atoms with Gasteiger partial charge in [0.15, 0.2) is 0 Å². The van der Waals surface area contributed by atoms with Gasteiger partial charge in [-0.3, -0.25) is 14.5 Å². The summed E-state index contributed by atoms with van der Waals surface area (Å²) in [6, 6.07) is 11.9. The Bertz CT molecular complexity index is 853. The van der Waals surface area contributed by atoms with E-state index in [1.807, 2.05) is 63.8 Å². The highest BCUT2D eigenvalue weighted by molar-refractivity contribution is 8.01. The van der Waals surface area contributed by atoms with Crippen molar-refractivity contribution in [2.24, 2.45) is 0 Å². The Hall–Kier alpha value is -2.25. The van der Waals surface area contributed by atoms with Crippen LogP contribution in [0.15, 0.2) is 52.0 Å². The van der Waals surface area contributed by atoms with Gasteiger partial charge in [-0.2, -0.15) is 0 Å². The van der Waals surface area contributed by atoms with Crippen LogP contribution in [0.25, 0.3) is 0 Å². The second kappa shape index (κ2) is 11.6. The number of hydrogen-bond donors (Lipinski definition) is 0. The summed E-state index contributed by atoms with van der Waals surface area (Å²) in [4.78, 5) is 27.5. The number of ether oxygens (including phenoxy) is 2. The Balaban J connectivity index is 1.95. The minimum atomic E-state index is -0.686. The van der Waals surface area contributed by atoms with Crippen LogP contribution < -0.4 is 0 Å². The number of esters is 2. The smallest absolute Gasteiger partial charge is 0.322 e. The van der Waals surface area contributed by atoms with E-state index in [0.717, 1.165) is 22.6 Å². The fourth-order valence-electron chi connectivity index (χ4n) is 2.97. The van der Waals surface area contributed by atoms with E-state index in [-0.39, 0.29) is 18.5 Å². The number of carbonyl (C=O) groups is 2. The van der Waals surface area contributed by atoms with Crippen LogP contribution in [0.2, 0.25) is 0 Å². The number of thioether (sulfide) groups is 1. The number of benzene rings is 1. The fraction of sp³-hybridized carbons (Fsp3) is 0.520. The number of nitrogens with zero attached hydrogens (tertiary/aromatic N) is 1. The van der Waals surface area contributed by atoms with E-state index in [2.05, 4.69) is 12.1 Å². The molecule has 7 heteroatoms. The summed E-state index contributed by atoms with van der Waals surface area (Å²) in [7, 11) is 0. The molecule has 0 fully saturated rings. The molecule has 32 heavy (non-hydrogen) atoms. The van der Waals surface area contributed by atoms with Crippen LogP contribution in [0.4, 0.5) is 0 Å². The lowest BCUT2D eigenvalue weighted by molar-refractivity contribution is -0.157. The first-order chi connectivity index (χ1) is 15.0. The van der Waals surface area contributed by atoms with Gasteiger partial charge in [0.05, 0.1) is 26.0 Å². The van der Waals surface area contributed by atoms with E-state index in [4.69, 9.17) is 13.9 Å². The van der Waals surface area contributed by atoms with Crippen molar-refractivity contribution in [1.29, 1.82) is 0 Å². The van der Waals surface area contributed by atoms with Gasteiger partial charge >= 0.3 is 11.9 Å². The van der Waals surface area contributed by atoms with Gasteiger partial charge in [-0.1, -0.05) is 12.1 Å². The highest BCUT2D eigenvalue weighted by atomic mass is 32.2. The van der Waals surface area contributed by atoms with E-state index < -0.39 is 10.3 Å². The van der Waals surface area contributed by atoms with Crippen LogP contribution in [0.1, 0.15) is 52.9 Å². The van der Waals surface area contributed by atoms with Gasteiger partial charge in [-0.25, -0.2) is 0 Å². The number of furan rings is 1. The van der Waals surface area contributed by atoms with Crippen molar-refractivity contribution < 1.29 is 23.5 Å². The van der Waals surface area contributed by atoms with Crippen molar-refractivity contribution in [2.75, 3.05) is 19.7 Å². The lowest BCUT2D eigenvalue weighted by atomic mass is 10.1. The normalized spacial score (nSPS) is 12.1. The van der Waals surface area contributed by atoms with Crippen molar-refractivity contribution >= 4 is 23.7 Å². The first-order valence-corrected chi connectivity index (χ1v) is 11.7. The molecule has 0 spiro atoms. The summed E-state index contributed by atoms with van der Waals surface area (Å²) in [5, 5.41) is 0. The molecule has 0 aliphatic rings. The quantitative estimate of drug-likeness (QED) is 0.341.